The Kier molecular flexibility index (Phi) is 4.50. The lowest BCUT2D eigenvalue weighted by molar-refractivity contribution is -0.111. The lowest BCUT2D eigenvalue weighted by Gasteiger charge is -2.14. The number of ketones is 1. The normalized spacial score (nSPS) is 15.2. The first-order valence-corrected chi connectivity index (χ1v) is 7.44. The van der Waals surface area contributed by atoms with E-state index in [2.05, 4.69) is 12.1 Å². The van der Waals surface area contributed by atoms with Crippen LogP contribution in [0.5, 0.6) is 0 Å². The number of anilines is 1. The van der Waals surface area contributed by atoms with Gasteiger partial charge in [0.2, 0.25) is 0 Å². The van der Waals surface area contributed by atoms with E-state index < -0.39 is 0 Å². The quantitative estimate of drug-likeness (QED) is 0.684. The van der Waals surface area contributed by atoms with E-state index in [9.17, 15) is 10.0 Å². The van der Waals surface area contributed by atoms with Crippen LogP contribution in [0, 0.1) is 0 Å². The molecule has 0 radical (unpaired) electrons. The molecule has 0 aromatic heterocycles. The number of hydroxylamine groups is 1. The summed E-state index contributed by atoms with van der Waals surface area (Å²) in [7, 11) is 0. The second-order valence-corrected chi connectivity index (χ2v) is 5.34. The minimum Gasteiger partial charge on any atom is -0.289 e. The second kappa shape index (κ2) is 6.90. The van der Waals surface area contributed by atoms with Gasteiger partial charge in [-0.3, -0.25) is 10.0 Å². The zero-order valence-electron chi connectivity index (χ0n) is 12.6. The van der Waals surface area contributed by atoms with Crippen LogP contribution in [0.15, 0.2) is 90.7 Å². The van der Waals surface area contributed by atoms with E-state index in [1.807, 2.05) is 42.5 Å². The van der Waals surface area contributed by atoms with Crippen molar-refractivity contribution in [2.24, 2.45) is 0 Å². The standard InChI is InChI=1S/C20H17NO2/c22-20-9-5-4-8-18(20)15-21(23)19-12-10-17(11-13-19)14-16-6-2-1-3-7-16/h1-13,15,23H,14H2/b18-15-. The van der Waals surface area contributed by atoms with Gasteiger partial charge in [-0.25, -0.2) is 5.06 Å². The number of carbonyl (C=O) groups is 1. The molecule has 0 unspecified atom stereocenters. The molecule has 3 nitrogen and oxygen atoms in total. The molecule has 2 aromatic carbocycles. The highest BCUT2D eigenvalue weighted by Crippen LogP contribution is 2.18. The molecule has 2 aromatic rings. The summed E-state index contributed by atoms with van der Waals surface area (Å²) in [6.45, 7) is 0. The van der Waals surface area contributed by atoms with Gasteiger partial charge in [0.25, 0.3) is 0 Å². The summed E-state index contributed by atoms with van der Waals surface area (Å²) in [5, 5.41) is 11.1. The van der Waals surface area contributed by atoms with Crippen molar-refractivity contribution in [1.29, 1.82) is 0 Å². The zero-order valence-corrected chi connectivity index (χ0v) is 12.6. The van der Waals surface area contributed by atoms with Crippen molar-refractivity contribution in [2.75, 3.05) is 5.06 Å². The van der Waals surface area contributed by atoms with Gasteiger partial charge in [-0.1, -0.05) is 54.6 Å². The second-order valence-electron chi connectivity index (χ2n) is 5.34. The van der Waals surface area contributed by atoms with Gasteiger partial charge in [0.05, 0.1) is 5.69 Å². The van der Waals surface area contributed by atoms with Crippen molar-refractivity contribution in [3.63, 3.8) is 0 Å². The molecule has 1 aliphatic rings. The number of benzene rings is 2. The number of hydrogen-bond acceptors (Lipinski definition) is 3. The molecule has 23 heavy (non-hydrogen) atoms. The highest BCUT2D eigenvalue weighted by atomic mass is 16.5. The molecule has 0 heterocycles. The van der Waals surface area contributed by atoms with Gasteiger partial charge in [-0.15, -0.1) is 0 Å². The minimum atomic E-state index is -0.118. The predicted molar refractivity (Wildman–Crippen MR) is 91.3 cm³/mol. The third-order valence-corrected chi connectivity index (χ3v) is 3.63. The maximum atomic E-state index is 11.7. The molecule has 3 rings (SSSR count). The van der Waals surface area contributed by atoms with Crippen LogP contribution in [0.4, 0.5) is 5.69 Å². The van der Waals surface area contributed by atoms with E-state index in [4.69, 9.17) is 0 Å². The van der Waals surface area contributed by atoms with Crippen LogP contribution in [-0.4, -0.2) is 11.0 Å². The van der Waals surface area contributed by atoms with Crippen LogP contribution in [0.25, 0.3) is 0 Å². The van der Waals surface area contributed by atoms with Gasteiger partial charge < -0.3 is 0 Å². The fourth-order valence-electron chi connectivity index (χ4n) is 2.39. The van der Waals surface area contributed by atoms with Crippen LogP contribution in [0.3, 0.4) is 0 Å². The molecule has 0 bridgehead atoms. The maximum Gasteiger partial charge on any atom is 0.187 e. The fraction of sp³-hybridized carbons (Fsp3) is 0.0500. The van der Waals surface area contributed by atoms with E-state index in [0.717, 1.165) is 17.0 Å². The Morgan fingerprint density at radius 1 is 0.870 bits per heavy atom. The lowest BCUT2D eigenvalue weighted by Crippen LogP contribution is -2.13. The molecular weight excluding hydrogens is 286 g/mol. The van der Waals surface area contributed by atoms with E-state index >= 15 is 0 Å². The van der Waals surface area contributed by atoms with Gasteiger partial charge in [-0.05, 0) is 41.8 Å². The molecule has 114 valence electrons. The van der Waals surface area contributed by atoms with Crippen molar-refractivity contribution in [3.8, 4) is 0 Å². The minimum absolute atomic E-state index is 0.118. The third-order valence-electron chi connectivity index (χ3n) is 3.63. The highest BCUT2D eigenvalue weighted by molar-refractivity contribution is 6.07. The Labute approximate surface area is 135 Å². The first-order valence-electron chi connectivity index (χ1n) is 7.44. The lowest BCUT2D eigenvalue weighted by atomic mass is 10.0. The van der Waals surface area contributed by atoms with Crippen LogP contribution in [0.2, 0.25) is 0 Å². The molecule has 1 aliphatic carbocycles. The van der Waals surface area contributed by atoms with Crippen LogP contribution < -0.4 is 5.06 Å². The smallest absolute Gasteiger partial charge is 0.187 e. The summed E-state index contributed by atoms with van der Waals surface area (Å²) < 4.78 is 0. The summed E-state index contributed by atoms with van der Waals surface area (Å²) in [6, 6.07) is 17.8. The Bertz CT molecular complexity index is 771. The number of nitrogens with zero attached hydrogens (tertiary/aromatic N) is 1. The number of carbonyl (C=O) groups excluding carboxylic acids is 1. The van der Waals surface area contributed by atoms with Crippen molar-refractivity contribution in [1.82, 2.24) is 0 Å². The van der Waals surface area contributed by atoms with Gasteiger partial charge in [-0.2, -0.15) is 0 Å². The first-order chi connectivity index (χ1) is 11.2. The molecule has 0 fully saturated rings. The van der Waals surface area contributed by atoms with Crippen LogP contribution in [0.1, 0.15) is 11.1 Å². The SMILES string of the molecule is O=C1C=CC=C/C1=C/N(O)c1ccc(Cc2ccccc2)cc1. The van der Waals surface area contributed by atoms with Crippen molar-refractivity contribution in [3.05, 3.63) is 102 Å². The molecule has 0 saturated carbocycles. The fourth-order valence-corrected chi connectivity index (χ4v) is 2.39. The maximum absolute atomic E-state index is 11.7. The summed E-state index contributed by atoms with van der Waals surface area (Å²) in [5.41, 5.74) is 3.47. The van der Waals surface area contributed by atoms with Gasteiger partial charge in [0.1, 0.15) is 0 Å². The van der Waals surface area contributed by atoms with Crippen LogP contribution in [-0.2, 0) is 11.2 Å². The Morgan fingerprint density at radius 3 is 2.22 bits per heavy atom. The average Bonchev–Trinajstić information content (AvgIpc) is 2.58. The number of rotatable bonds is 4. The van der Waals surface area contributed by atoms with Gasteiger partial charge in [0, 0.05) is 11.8 Å². The Balaban J connectivity index is 1.72. The Hall–Kier alpha value is -2.91. The van der Waals surface area contributed by atoms with E-state index in [-0.39, 0.29) is 5.78 Å². The van der Waals surface area contributed by atoms with Crippen LogP contribution >= 0.6 is 0 Å². The molecule has 0 saturated heterocycles. The molecule has 1 N–H and O–H groups in total. The number of hydrogen-bond donors (Lipinski definition) is 1. The highest BCUT2D eigenvalue weighted by Gasteiger charge is 2.08. The van der Waals surface area contributed by atoms with Crippen molar-refractivity contribution >= 4 is 11.5 Å². The summed E-state index contributed by atoms with van der Waals surface area (Å²) >= 11 is 0. The third kappa shape index (κ3) is 3.84. The molecule has 0 amide bonds. The van der Waals surface area contributed by atoms with E-state index in [0.29, 0.717) is 11.3 Å². The van der Waals surface area contributed by atoms with Gasteiger partial charge in [0.15, 0.2) is 5.78 Å². The average molecular weight is 303 g/mol. The molecular formula is C20H17NO2. The van der Waals surface area contributed by atoms with E-state index in [1.54, 1.807) is 18.2 Å². The molecule has 0 atom stereocenters. The van der Waals surface area contributed by atoms with Crippen molar-refractivity contribution < 1.29 is 10.0 Å². The summed E-state index contributed by atoms with van der Waals surface area (Å²) in [6.07, 6.45) is 8.87. The zero-order chi connectivity index (χ0) is 16.1. The molecule has 0 aliphatic heterocycles. The Morgan fingerprint density at radius 2 is 1.52 bits per heavy atom. The molecule has 0 spiro atoms. The van der Waals surface area contributed by atoms with Crippen molar-refractivity contribution in [2.45, 2.75) is 6.42 Å². The summed E-state index contributed by atoms with van der Waals surface area (Å²) in [5.74, 6) is -0.118. The van der Waals surface area contributed by atoms with E-state index in [1.165, 1.54) is 17.8 Å². The predicted octanol–water partition coefficient (Wildman–Crippen LogP) is 4.05. The first kappa shape index (κ1) is 15.0. The van der Waals surface area contributed by atoms with Gasteiger partial charge >= 0.3 is 0 Å². The summed E-state index contributed by atoms with van der Waals surface area (Å²) in [4.78, 5) is 11.7. The largest absolute Gasteiger partial charge is 0.289 e. The number of allylic oxidation sites excluding steroid dienone is 5. The monoisotopic (exact) mass is 303 g/mol. The topological polar surface area (TPSA) is 40.5 Å². The molecule has 3 heteroatoms.